The van der Waals surface area contributed by atoms with E-state index in [9.17, 15) is 9.65 Å². The summed E-state index contributed by atoms with van der Waals surface area (Å²) in [4.78, 5) is 0. The van der Waals surface area contributed by atoms with E-state index in [0.29, 0.717) is 33.2 Å². The number of methoxy groups -OCH3 is 1. The van der Waals surface area contributed by atoms with Gasteiger partial charge in [-0.25, -0.2) is 4.39 Å². The Morgan fingerprint density at radius 2 is 2.00 bits per heavy atom. The zero-order valence-corrected chi connectivity index (χ0v) is 15.1. The van der Waals surface area contributed by atoms with Crippen molar-refractivity contribution >= 4 is 23.3 Å². The van der Waals surface area contributed by atoms with Gasteiger partial charge in [0.05, 0.1) is 29.9 Å². The van der Waals surface area contributed by atoms with Gasteiger partial charge in [0.25, 0.3) is 0 Å². The second kappa shape index (κ2) is 8.55. The monoisotopic (exact) mass is 359 g/mol. The predicted molar refractivity (Wildman–Crippen MR) is 98.3 cm³/mol. The Morgan fingerprint density at radius 3 is 2.56 bits per heavy atom. The van der Waals surface area contributed by atoms with E-state index in [4.69, 9.17) is 21.1 Å². The SMILES string of the molecule is CCC(C)Oc1c(Cl)cc(/C=C(/C#N)c2ccc(F)cc2)cc1OC. The number of hydrogen-bond acceptors (Lipinski definition) is 3. The number of ether oxygens (including phenoxy) is 2. The van der Waals surface area contributed by atoms with Crippen LogP contribution in [0.1, 0.15) is 31.4 Å². The third kappa shape index (κ3) is 4.74. The summed E-state index contributed by atoms with van der Waals surface area (Å²) in [5.41, 5.74) is 1.71. The first-order valence-electron chi connectivity index (χ1n) is 7.90. The van der Waals surface area contributed by atoms with E-state index >= 15 is 0 Å². The number of allylic oxidation sites excluding steroid dienone is 1. The van der Waals surface area contributed by atoms with E-state index in [1.165, 1.54) is 19.2 Å². The summed E-state index contributed by atoms with van der Waals surface area (Å²) in [7, 11) is 1.54. The molecule has 2 aromatic carbocycles. The highest BCUT2D eigenvalue weighted by Crippen LogP contribution is 2.38. The predicted octanol–water partition coefficient (Wildman–Crippen LogP) is 5.73. The molecule has 5 heteroatoms. The van der Waals surface area contributed by atoms with Crippen LogP contribution in [0.4, 0.5) is 4.39 Å². The molecule has 3 nitrogen and oxygen atoms in total. The van der Waals surface area contributed by atoms with Crippen LogP contribution in [0.2, 0.25) is 5.02 Å². The minimum absolute atomic E-state index is 0.00155. The zero-order valence-electron chi connectivity index (χ0n) is 14.3. The number of nitriles is 1. The maximum absolute atomic E-state index is 13.1. The van der Waals surface area contributed by atoms with Crippen molar-refractivity contribution in [3.8, 4) is 17.6 Å². The van der Waals surface area contributed by atoms with Crippen molar-refractivity contribution in [2.75, 3.05) is 7.11 Å². The summed E-state index contributed by atoms with van der Waals surface area (Å²) in [6.07, 6.45) is 2.51. The third-order valence-electron chi connectivity index (χ3n) is 3.73. The molecule has 0 aliphatic heterocycles. The molecule has 2 rings (SSSR count). The highest BCUT2D eigenvalue weighted by Gasteiger charge is 2.14. The van der Waals surface area contributed by atoms with E-state index in [-0.39, 0.29) is 11.9 Å². The van der Waals surface area contributed by atoms with Crippen LogP contribution >= 0.6 is 11.6 Å². The molecular formula is C20H19ClFNO2. The van der Waals surface area contributed by atoms with Crippen LogP contribution in [-0.4, -0.2) is 13.2 Å². The molecule has 1 atom stereocenters. The Kier molecular flexibility index (Phi) is 6.44. The van der Waals surface area contributed by atoms with Gasteiger partial charge in [0, 0.05) is 0 Å². The lowest BCUT2D eigenvalue weighted by Crippen LogP contribution is -2.11. The van der Waals surface area contributed by atoms with Crippen LogP contribution in [0.3, 0.4) is 0 Å². The Hall–Kier alpha value is -2.51. The van der Waals surface area contributed by atoms with Crippen molar-refractivity contribution in [1.29, 1.82) is 5.26 Å². The molecule has 0 saturated heterocycles. The third-order valence-corrected chi connectivity index (χ3v) is 4.01. The van der Waals surface area contributed by atoms with Crippen LogP contribution in [0.5, 0.6) is 11.5 Å². The second-order valence-corrected chi connectivity index (χ2v) is 5.95. The average Bonchev–Trinajstić information content (AvgIpc) is 2.62. The second-order valence-electron chi connectivity index (χ2n) is 5.55. The van der Waals surface area contributed by atoms with Crippen LogP contribution in [-0.2, 0) is 0 Å². The first kappa shape index (κ1) is 18.8. The lowest BCUT2D eigenvalue weighted by atomic mass is 10.0. The Morgan fingerprint density at radius 1 is 1.32 bits per heavy atom. The summed E-state index contributed by atoms with van der Waals surface area (Å²) in [6, 6.07) is 11.3. The van der Waals surface area contributed by atoms with Gasteiger partial charge in [-0.3, -0.25) is 0 Å². The molecule has 130 valence electrons. The molecule has 0 heterocycles. The summed E-state index contributed by atoms with van der Waals surface area (Å²) in [5, 5.41) is 9.82. The quantitative estimate of drug-likeness (QED) is 0.488. The topological polar surface area (TPSA) is 42.2 Å². The summed E-state index contributed by atoms with van der Waals surface area (Å²) in [5.74, 6) is 0.628. The van der Waals surface area contributed by atoms with E-state index in [2.05, 4.69) is 6.07 Å². The van der Waals surface area contributed by atoms with Crippen molar-refractivity contribution < 1.29 is 13.9 Å². The first-order valence-corrected chi connectivity index (χ1v) is 8.28. The van der Waals surface area contributed by atoms with Gasteiger partial charge < -0.3 is 9.47 Å². The van der Waals surface area contributed by atoms with Crippen molar-refractivity contribution in [1.82, 2.24) is 0 Å². The molecule has 0 saturated carbocycles. The average molecular weight is 360 g/mol. The summed E-state index contributed by atoms with van der Waals surface area (Å²) < 4.78 is 24.3. The maximum Gasteiger partial charge on any atom is 0.180 e. The number of hydrogen-bond donors (Lipinski definition) is 0. The molecule has 0 aliphatic rings. The molecule has 0 spiro atoms. The molecule has 0 bridgehead atoms. The lowest BCUT2D eigenvalue weighted by molar-refractivity contribution is 0.208. The number of rotatable bonds is 6. The molecule has 1 unspecified atom stereocenters. The van der Waals surface area contributed by atoms with Crippen LogP contribution in [0.25, 0.3) is 11.6 Å². The maximum atomic E-state index is 13.1. The fourth-order valence-corrected chi connectivity index (χ4v) is 2.46. The molecule has 0 aliphatic carbocycles. The van der Waals surface area contributed by atoms with E-state index in [1.54, 1.807) is 30.3 Å². The summed E-state index contributed by atoms with van der Waals surface area (Å²) >= 11 is 6.34. The van der Waals surface area contributed by atoms with Gasteiger partial charge in [-0.2, -0.15) is 5.26 Å². The number of benzene rings is 2. The van der Waals surface area contributed by atoms with Gasteiger partial charge in [0.15, 0.2) is 11.5 Å². The standard InChI is InChI=1S/C20H19ClFNO2/c1-4-13(2)25-20-18(21)10-14(11-19(20)24-3)9-16(12-23)15-5-7-17(22)8-6-15/h5-11,13H,4H2,1-3H3/b16-9-. The smallest absolute Gasteiger partial charge is 0.180 e. The van der Waals surface area contributed by atoms with E-state index in [0.717, 1.165) is 6.42 Å². The number of halogens is 2. The molecule has 0 amide bonds. The van der Waals surface area contributed by atoms with Crippen molar-refractivity contribution in [2.45, 2.75) is 26.4 Å². The Labute approximate surface area is 152 Å². The van der Waals surface area contributed by atoms with Gasteiger partial charge in [-0.1, -0.05) is 30.7 Å². The van der Waals surface area contributed by atoms with Gasteiger partial charge in [-0.05, 0) is 54.8 Å². The van der Waals surface area contributed by atoms with Crippen molar-refractivity contribution in [3.05, 3.63) is 58.4 Å². The molecule has 0 radical (unpaired) electrons. The Balaban J connectivity index is 2.43. The molecule has 0 aromatic heterocycles. The van der Waals surface area contributed by atoms with Crippen LogP contribution in [0, 0.1) is 17.1 Å². The van der Waals surface area contributed by atoms with Gasteiger partial charge in [0.2, 0.25) is 0 Å². The largest absolute Gasteiger partial charge is 0.493 e. The van der Waals surface area contributed by atoms with Gasteiger partial charge >= 0.3 is 0 Å². The molecule has 0 fully saturated rings. The van der Waals surface area contributed by atoms with Gasteiger partial charge in [-0.15, -0.1) is 0 Å². The highest BCUT2D eigenvalue weighted by atomic mass is 35.5. The normalized spacial score (nSPS) is 12.4. The van der Waals surface area contributed by atoms with Crippen molar-refractivity contribution in [2.24, 2.45) is 0 Å². The molecule has 0 N–H and O–H groups in total. The number of nitrogens with zero attached hydrogens (tertiary/aromatic N) is 1. The van der Waals surface area contributed by atoms with Gasteiger partial charge in [0.1, 0.15) is 5.82 Å². The Bertz CT molecular complexity index is 810. The lowest BCUT2D eigenvalue weighted by Gasteiger charge is -2.17. The first-order chi connectivity index (χ1) is 12.0. The summed E-state index contributed by atoms with van der Waals surface area (Å²) in [6.45, 7) is 3.97. The minimum Gasteiger partial charge on any atom is -0.493 e. The van der Waals surface area contributed by atoms with E-state index < -0.39 is 0 Å². The van der Waals surface area contributed by atoms with E-state index in [1.807, 2.05) is 13.8 Å². The van der Waals surface area contributed by atoms with Crippen LogP contribution in [0.15, 0.2) is 36.4 Å². The van der Waals surface area contributed by atoms with Crippen LogP contribution < -0.4 is 9.47 Å². The molecule has 25 heavy (non-hydrogen) atoms. The molecular weight excluding hydrogens is 341 g/mol. The minimum atomic E-state index is -0.350. The zero-order chi connectivity index (χ0) is 18.4. The fourth-order valence-electron chi connectivity index (χ4n) is 2.20. The highest BCUT2D eigenvalue weighted by molar-refractivity contribution is 6.32. The fraction of sp³-hybridized carbons (Fsp3) is 0.250. The van der Waals surface area contributed by atoms with Crippen molar-refractivity contribution in [3.63, 3.8) is 0 Å². The molecule has 2 aromatic rings.